The van der Waals surface area contributed by atoms with Crippen molar-refractivity contribution in [3.05, 3.63) is 57.8 Å². The van der Waals surface area contributed by atoms with E-state index in [9.17, 15) is 9.59 Å². The molecule has 3 aromatic rings. The van der Waals surface area contributed by atoms with Gasteiger partial charge in [-0.15, -0.1) is 0 Å². The lowest BCUT2D eigenvalue weighted by atomic mass is 9.96. The molecule has 0 radical (unpaired) electrons. The van der Waals surface area contributed by atoms with E-state index in [-0.39, 0.29) is 18.3 Å². The molecule has 0 atom stereocenters. The van der Waals surface area contributed by atoms with Gasteiger partial charge in [-0.25, -0.2) is 0 Å². The topological polar surface area (TPSA) is 100 Å². The number of hydrogen-bond acceptors (Lipinski definition) is 7. The number of piperidine rings is 1. The van der Waals surface area contributed by atoms with Crippen LogP contribution in [-0.2, 0) is 9.53 Å². The molecule has 1 aromatic carbocycles. The Morgan fingerprint density at radius 3 is 2.64 bits per heavy atom. The molecule has 1 fully saturated rings. The summed E-state index contributed by atoms with van der Waals surface area (Å²) in [5.41, 5.74) is 4.47. The van der Waals surface area contributed by atoms with Gasteiger partial charge in [-0.1, -0.05) is 0 Å². The maximum atomic E-state index is 13.6. The average Bonchev–Trinajstić information content (AvgIpc) is 3.16. The van der Waals surface area contributed by atoms with Gasteiger partial charge in [-0.05, 0) is 98.5 Å². The van der Waals surface area contributed by atoms with Gasteiger partial charge in [0, 0.05) is 22.1 Å². The molecule has 1 saturated heterocycles. The number of fused-ring (bicyclic) bond motifs is 1. The van der Waals surface area contributed by atoms with Gasteiger partial charge in [0.05, 0.1) is 47.9 Å². The lowest BCUT2D eigenvalue weighted by Gasteiger charge is -2.31. The largest absolute Gasteiger partial charge is 0.465 e. The molecule has 4 rings (SSSR count). The highest BCUT2D eigenvalue weighted by atomic mass is 79.9. The number of nitrogens with zero attached hydrogens (tertiary/aromatic N) is 4. The van der Waals surface area contributed by atoms with E-state index in [1.54, 1.807) is 25.3 Å². The fourth-order valence-corrected chi connectivity index (χ4v) is 5.15. The highest BCUT2D eigenvalue weighted by Gasteiger charge is 2.26. The quantitative estimate of drug-likeness (QED) is 0.316. The van der Waals surface area contributed by atoms with Crippen LogP contribution in [0.4, 0.5) is 0 Å². The first-order valence-corrected chi connectivity index (χ1v) is 13.0. The normalized spacial score (nSPS) is 14.6. The van der Waals surface area contributed by atoms with Gasteiger partial charge >= 0.3 is 5.97 Å². The van der Waals surface area contributed by atoms with Gasteiger partial charge in [0.25, 0.3) is 0 Å². The van der Waals surface area contributed by atoms with Crippen molar-refractivity contribution in [2.24, 2.45) is 5.92 Å². The summed E-state index contributed by atoms with van der Waals surface area (Å²) in [6, 6.07) is 11.5. The summed E-state index contributed by atoms with van der Waals surface area (Å²) in [6.45, 7) is 7.17. The number of carbonyl (C=O) groups excluding carboxylic acids is 2. The molecule has 36 heavy (non-hydrogen) atoms. The first kappa shape index (κ1) is 26.0. The second kappa shape index (κ2) is 11.8. The number of esters is 1. The highest BCUT2D eigenvalue weighted by Crippen LogP contribution is 2.30. The number of nitrogens with one attached hydrogen (secondary N) is 1. The van der Waals surface area contributed by atoms with E-state index in [0.717, 1.165) is 53.8 Å². The SMILES string of the molecule is CCOC(=O)CNCC1CCN(CC(=O)c2c(C)n(-c3ccc(C#N)cc3)c3cc(Br)cnc23)CC1. The summed E-state index contributed by atoms with van der Waals surface area (Å²) in [5, 5.41) is 12.3. The lowest BCUT2D eigenvalue weighted by Crippen LogP contribution is -2.40. The molecule has 188 valence electrons. The number of pyridine rings is 1. The van der Waals surface area contributed by atoms with Gasteiger partial charge in [-0.2, -0.15) is 5.26 Å². The Bertz CT molecular complexity index is 1290. The number of ketones is 1. The van der Waals surface area contributed by atoms with Gasteiger partial charge in [0.15, 0.2) is 5.78 Å². The summed E-state index contributed by atoms with van der Waals surface area (Å²) in [4.78, 5) is 31.9. The van der Waals surface area contributed by atoms with Crippen molar-refractivity contribution in [1.82, 2.24) is 19.8 Å². The number of nitriles is 1. The Morgan fingerprint density at radius 2 is 1.97 bits per heavy atom. The molecular weight excluding hydrogens is 522 g/mol. The fourth-order valence-electron chi connectivity index (χ4n) is 4.83. The number of likely N-dealkylation sites (tertiary alicyclic amines) is 1. The van der Waals surface area contributed by atoms with Crippen molar-refractivity contribution < 1.29 is 14.3 Å². The van der Waals surface area contributed by atoms with Crippen LogP contribution >= 0.6 is 15.9 Å². The predicted octanol–water partition coefficient (Wildman–Crippen LogP) is 4.02. The molecule has 3 heterocycles. The minimum Gasteiger partial charge on any atom is -0.465 e. The van der Waals surface area contributed by atoms with Crippen molar-refractivity contribution >= 4 is 38.7 Å². The van der Waals surface area contributed by atoms with Crippen LogP contribution in [0.25, 0.3) is 16.7 Å². The summed E-state index contributed by atoms with van der Waals surface area (Å²) < 4.78 is 7.82. The summed E-state index contributed by atoms with van der Waals surface area (Å²) in [6.07, 6.45) is 3.66. The Hall–Kier alpha value is -3.06. The van der Waals surface area contributed by atoms with Crippen LogP contribution < -0.4 is 5.32 Å². The predicted molar refractivity (Wildman–Crippen MR) is 141 cm³/mol. The minimum atomic E-state index is -0.225. The minimum absolute atomic E-state index is 0.0543. The van der Waals surface area contributed by atoms with Crippen molar-refractivity contribution in [3.63, 3.8) is 0 Å². The van der Waals surface area contributed by atoms with E-state index >= 15 is 0 Å². The smallest absolute Gasteiger partial charge is 0.319 e. The molecule has 0 saturated carbocycles. The van der Waals surface area contributed by atoms with Crippen LogP contribution in [0.5, 0.6) is 0 Å². The molecule has 1 aliphatic rings. The molecule has 1 N–H and O–H groups in total. The van der Waals surface area contributed by atoms with Crippen molar-refractivity contribution in [2.45, 2.75) is 26.7 Å². The lowest BCUT2D eigenvalue weighted by molar-refractivity contribution is -0.142. The van der Waals surface area contributed by atoms with Crippen LogP contribution in [0.15, 0.2) is 41.0 Å². The van der Waals surface area contributed by atoms with E-state index in [2.05, 4.69) is 37.2 Å². The first-order chi connectivity index (χ1) is 17.4. The summed E-state index contributed by atoms with van der Waals surface area (Å²) >= 11 is 3.51. The van der Waals surface area contributed by atoms with Gasteiger partial charge in [0.2, 0.25) is 0 Å². The zero-order valence-electron chi connectivity index (χ0n) is 20.6. The van der Waals surface area contributed by atoms with E-state index in [1.807, 2.05) is 29.7 Å². The number of halogens is 1. The fraction of sp³-hybridized carbons (Fsp3) is 0.407. The van der Waals surface area contributed by atoms with E-state index < -0.39 is 0 Å². The van der Waals surface area contributed by atoms with Crippen LogP contribution in [0.2, 0.25) is 0 Å². The molecule has 0 amide bonds. The molecule has 2 aromatic heterocycles. The number of ether oxygens (including phenoxy) is 1. The Balaban J connectivity index is 1.46. The van der Waals surface area contributed by atoms with Crippen LogP contribution in [0, 0.1) is 24.2 Å². The number of Topliss-reactive ketones (excluding diaryl/α,β-unsaturated/α-hetero) is 1. The molecule has 0 aliphatic carbocycles. The number of benzene rings is 1. The first-order valence-electron chi connectivity index (χ1n) is 12.2. The number of rotatable bonds is 9. The maximum absolute atomic E-state index is 13.6. The highest BCUT2D eigenvalue weighted by molar-refractivity contribution is 9.10. The Morgan fingerprint density at radius 1 is 1.25 bits per heavy atom. The van der Waals surface area contributed by atoms with Crippen LogP contribution in [0.1, 0.15) is 41.4 Å². The molecule has 1 aliphatic heterocycles. The van der Waals surface area contributed by atoms with Crippen molar-refractivity contribution in [3.8, 4) is 11.8 Å². The molecule has 0 bridgehead atoms. The van der Waals surface area contributed by atoms with E-state index in [1.165, 1.54) is 0 Å². The van der Waals surface area contributed by atoms with Crippen molar-refractivity contribution in [2.75, 3.05) is 39.3 Å². The van der Waals surface area contributed by atoms with Gasteiger partial charge in [-0.3, -0.25) is 19.5 Å². The summed E-state index contributed by atoms with van der Waals surface area (Å²) in [5.74, 6) is 0.306. The molecule has 9 heteroatoms. The number of hydrogen-bond donors (Lipinski definition) is 1. The van der Waals surface area contributed by atoms with E-state index in [4.69, 9.17) is 10.00 Å². The van der Waals surface area contributed by atoms with Gasteiger partial charge in [0.1, 0.15) is 0 Å². The second-order valence-corrected chi connectivity index (χ2v) is 9.97. The Kier molecular flexibility index (Phi) is 8.52. The number of aromatic nitrogens is 2. The third-order valence-electron chi connectivity index (χ3n) is 6.62. The Labute approximate surface area is 219 Å². The molecule has 0 unspecified atom stereocenters. The van der Waals surface area contributed by atoms with Gasteiger partial charge < -0.3 is 14.6 Å². The van der Waals surface area contributed by atoms with Crippen molar-refractivity contribution in [1.29, 1.82) is 5.26 Å². The van der Waals surface area contributed by atoms with Crippen LogP contribution in [-0.4, -0.2) is 65.5 Å². The third kappa shape index (κ3) is 5.84. The second-order valence-electron chi connectivity index (χ2n) is 9.05. The van der Waals surface area contributed by atoms with Crippen LogP contribution in [0.3, 0.4) is 0 Å². The summed E-state index contributed by atoms with van der Waals surface area (Å²) in [7, 11) is 0. The molecule has 0 spiro atoms. The monoisotopic (exact) mass is 551 g/mol. The molecular formula is C27H30BrN5O3. The zero-order valence-corrected chi connectivity index (χ0v) is 22.2. The third-order valence-corrected chi connectivity index (χ3v) is 7.06. The number of carbonyl (C=O) groups is 2. The van der Waals surface area contributed by atoms with E-state index in [0.29, 0.717) is 35.7 Å². The standard InChI is InChI=1S/C27H30BrN5O3/c1-3-36-25(35)16-30-14-20-8-10-32(11-9-20)17-24(34)26-18(2)33(22-6-4-19(13-29)5-7-22)23-12-21(28)15-31-27(23)26/h4-7,12,15,20,30H,3,8-11,14,16-17H2,1-2H3. The maximum Gasteiger partial charge on any atom is 0.319 e. The average molecular weight is 552 g/mol. The zero-order chi connectivity index (χ0) is 25.7. The molecule has 8 nitrogen and oxygen atoms in total.